The topological polar surface area (TPSA) is 59.3 Å². The Hall–Kier alpha value is -2.95. The van der Waals surface area contributed by atoms with E-state index >= 15 is 0 Å². The third-order valence-electron chi connectivity index (χ3n) is 3.70. The molecule has 0 unspecified atom stereocenters. The van der Waals surface area contributed by atoms with Gasteiger partial charge in [-0.15, -0.1) is 0 Å². The summed E-state index contributed by atoms with van der Waals surface area (Å²) in [5, 5.41) is 3.90. The highest BCUT2D eigenvalue weighted by molar-refractivity contribution is 6.07. The van der Waals surface area contributed by atoms with E-state index in [-0.39, 0.29) is 5.56 Å². The highest BCUT2D eigenvalue weighted by Gasteiger charge is 2.18. The standard InChI is InChI=1S/C17H14N4O/c22-17-13-8-4-5-9-14(13)20-16-15(18-10-11-21(16)17)19-12-6-2-1-3-7-12/h1-9H,10-11H2,(H,18,19). The van der Waals surface area contributed by atoms with Crippen molar-refractivity contribution in [3.8, 4) is 0 Å². The predicted octanol–water partition coefficient (Wildman–Crippen LogP) is 2.27. The molecule has 5 heteroatoms. The van der Waals surface area contributed by atoms with E-state index in [1.807, 2.05) is 54.6 Å². The molecule has 2 aromatic carbocycles. The van der Waals surface area contributed by atoms with Crippen LogP contribution in [0.25, 0.3) is 10.9 Å². The number of hydrogen-bond donors (Lipinski definition) is 1. The monoisotopic (exact) mass is 290 g/mol. The summed E-state index contributed by atoms with van der Waals surface area (Å²) in [4.78, 5) is 21.7. The summed E-state index contributed by atoms with van der Waals surface area (Å²) in [5.74, 6) is 1.24. The SMILES string of the molecule is O=c1c2ccccc2nc2n1CCN=C2Nc1ccccc1. The number of aromatic nitrogens is 2. The predicted molar refractivity (Wildman–Crippen MR) is 87.5 cm³/mol. The fraction of sp³-hybridized carbons (Fsp3) is 0.118. The molecule has 1 N–H and O–H groups in total. The van der Waals surface area contributed by atoms with E-state index in [0.29, 0.717) is 35.7 Å². The number of amidine groups is 1. The van der Waals surface area contributed by atoms with Gasteiger partial charge in [0.15, 0.2) is 11.7 Å². The molecule has 0 saturated heterocycles. The Morgan fingerprint density at radius 3 is 2.64 bits per heavy atom. The molecule has 0 bridgehead atoms. The lowest BCUT2D eigenvalue weighted by Gasteiger charge is -2.19. The lowest BCUT2D eigenvalue weighted by atomic mass is 10.2. The molecule has 0 saturated carbocycles. The van der Waals surface area contributed by atoms with Gasteiger partial charge >= 0.3 is 0 Å². The molecule has 22 heavy (non-hydrogen) atoms. The number of fused-ring (bicyclic) bond motifs is 2. The highest BCUT2D eigenvalue weighted by atomic mass is 16.1. The molecule has 0 amide bonds. The molecule has 0 atom stereocenters. The van der Waals surface area contributed by atoms with Crippen LogP contribution in [0.3, 0.4) is 0 Å². The maximum Gasteiger partial charge on any atom is 0.261 e. The third kappa shape index (κ3) is 2.07. The molecular formula is C17H14N4O. The van der Waals surface area contributed by atoms with Crippen LogP contribution in [0, 0.1) is 0 Å². The Morgan fingerprint density at radius 1 is 1.00 bits per heavy atom. The Labute approximate surface area is 127 Å². The summed E-state index contributed by atoms with van der Waals surface area (Å²) >= 11 is 0. The van der Waals surface area contributed by atoms with Gasteiger partial charge in [-0.05, 0) is 24.3 Å². The smallest absolute Gasteiger partial charge is 0.261 e. The number of rotatable bonds is 1. The van der Waals surface area contributed by atoms with Crippen molar-refractivity contribution >= 4 is 22.4 Å². The highest BCUT2D eigenvalue weighted by Crippen LogP contribution is 2.13. The molecular weight excluding hydrogens is 276 g/mol. The molecule has 2 heterocycles. The van der Waals surface area contributed by atoms with Gasteiger partial charge in [0.05, 0.1) is 17.4 Å². The molecule has 4 rings (SSSR count). The molecule has 1 aliphatic heterocycles. The van der Waals surface area contributed by atoms with Crippen molar-refractivity contribution in [3.63, 3.8) is 0 Å². The Balaban J connectivity index is 1.86. The van der Waals surface area contributed by atoms with Crippen LogP contribution < -0.4 is 10.9 Å². The van der Waals surface area contributed by atoms with Crippen molar-refractivity contribution in [1.82, 2.24) is 9.55 Å². The Kier molecular flexibility index (Phi) is 2.96. The molecule has 108 valence electrons. The van der Waals surface area contributed by atoms with Crippen LogP contribution in [-0.4, -0.2) is 21.9 Å². The van der Waals surface area contributed by atoms with E-state index in [4.69, 9.17) is 0 Å². The summed E-state index contributed by atoms with van der Waals surface area (Å²) in [6.07, 6.45) is 0. The van der Waals surface area contributed by atoms with Crippen molar-refractivity contribution in [1.29, 1.82) is 0 Å². The molecule has 0 fully saturated rings. The second-order valence-electron chi connectivity index (χ2n) is 5.13. The van der Waals surface area contributed by atoms with E-state index in [1.54, 1.807) is 4.57 Å². The van der Waals surface area contributed by atoms with Crippen molar-refractivity contribution in [2.45, 2.75) is 6.54 Å². The van der Waals surface area contributed by atoms with Crippen LogP contribution >= 0.6 is 0 Å². The Morgan fingerprint density at radius 2 is 1.77 bits per heavy atom. The van der Waals surface area contributed by atoms with Crippen LogP contribution in [0.2, 0.25) is 0 Å². The first-order valence-electron chi connectivity index (χ1n) is 7.19. The minimum absolute atomic E-state index is 0.0112. The number of anilines is 1. The lowest BCUT2D eigenvalue weighted by molar-refractivity contribution is 0.648. The van der Waals surface area contributed by atoms with Crippen molar-refractivity contribution in [2.24, 2.45) is 4.99 Å². The summed E-state index contributed by atoms with van der Waals surface area (Å²) in [6, 6.07) is 17.2. The minimum Gasteiger partial charge on any atom is -0.337 e. The number of aliphatic imine (C=N–C) groups is 1. The zero-order valence-electron chi connectivity index (χ0n) is 11.9. The molecule has 3 aromatic rings. The van der Waals surface area contributed by atoms with E-state index in [2.05, 4.69) is 15.3 Å². The molecule has 0 radical (unpaired) electrons. The normalized spacial score (nSPS) is 13.5. The fourth-order valence-electron chi connectivity index (χ4n) is 2.64. The van der Waals surface area contributed by atoms with E-state index in [9.17, 15) is 4.79 Å². The van der Waals surface area contributed by atoms with Gasteiger partial charge in [-0.3, -0.25) is 14.4 Å². The van der Waals surface area contributed by atoms with Crippen LogP contribution in [0.1, 0.15) is 5.82 Å². The number of benzene rings is 2. The zero-order valence-corrected chi connectivity index (χ0v) is 11.9. The number of nitrogens with one attached hydrogen (secondary N) is 1. The number of hydrogen-bond acceptors (Lipinski definition) is 4. The first kappa shape index (κ1) is 12.8. The first-order chi connectivity index (χ1) is 10.8. The third-order valence-corrected chi connectivity index (χ3v) is 3.70. The van der Waals surface area contributed by atoms with Gasteiger partial charge in [0, 0.05) is 12.2 Å². The summed E-state index contributed by atoms with van der Waals surface area (Å²) in [7, 11) is 0. The molecule has 0 aliphatic carbocycles. The summed E-state index contributed by atoms with van der Waals surface area (Å²) < 4.78 is 1.70. The second-order valence-corrected chi connectivity index (χ2v) is 5.13. The molecule has 5 nitrogen and oxygen atoms in total. The van der Waals surface area contributed by atoms with Crippen LogP contribution in [0.5, 0.6) is 0 Å². The number of nitrogens with zero attached hydrogens (tertiary/aromatic N) is 3. The van der Waals surface area contributed by atoms with Gasteiger partial charge in [0.25, 0.3) is 5.56 Å². The lowest BCUT2D eigenvalue weighted by Crippen LogP contribution is -2.35. The van der Waals surface area contributed by atoms with Gasteiger partial charge in [0.2, 0.25) is 0 Å². The van der Waals surface area contributed by atoms with E-state index in [1.165, 1.54) is 0 Å². The minimum atomic E-state index is -0.0112. The van der Waals surface area contributed by atoms with Gasteiger partial charge in [-0.25, -0.2) is 4.98 Å². The quantitative estimate of drug-likeness (QED) is 0.748. The largest absolute Gasteiger partial charge is 0.337 e. The zero-order chi connectivity index (χ0) is 14.9. The average molecular weight is 290 g/mol. The Bertz CT molecular complexity index is 928. The summed E-state index contributed by atoms with van der Waals surface area (Å²) in [5.41, 5.74) is 1.61. The first-order valence-corrected chi connectivity index (χ1v) is 7.19. The number of para-hydroxylation sites is 2. The maximum absolute atomic E-state index is 12.6. The fourth-order valence-corrected chi connectivity index (χ4v) is 2.64. The molecule has 1 aromatic heterocycles. The van der Waals surface area contributed by atoms with Gasteiger partial charge in [-0.2, -0.15) is 0 Å². The average Bonchev–Trinajstić information content (AvgIpc) is 2.57. The second kappa shape index (κ2) is 5.11. The van der Waals surface area contributed by atoms with Gasteiger partial charge in [0.1, 0.15) is 0 Å². The van der Waals surface area contributed by atoms with Crippen molar-refractivity contribution in [2.75, 3.05) is 11.9 Å². The maximum atomic E-state index is 12.6. The molecule has 0 spiro atoms. The van der Waals surface area contributed by atoms with Crippen molar-refractivity contribution < 1.29 is 0 Å². The van der Waals surface area contributed by atoms with Crippen LogP contribution in [0.4, 0.5) is 5.69 Å². The molecule has 1 aliphatic rings. The van der Waals surface area contributed by atoms with E-state index < -0.39 is 0 Å². The van der Waals surface area contributed by atoms with Gasteiger partial charge < -0.3 is 5.32 Å². The van der Waals surface area contributed by atoms with Crippen LogP contribution in [0.15, 0.2) is 64.4 Å². The van der Waals surface area contributed by atoms with Gasteiger partial charge in [-0.1, -0.05) is 30.3 Å². The van der Waals surface area contributed by atoms with E-state index in [0.717, 1.165) is 5.69 Å². The summed E-state index contributed by atoms with van der Waals surface area (Å²) in [6.45, 7) is 1.13. The van der Waals surface area contributed by atoms with Crippen LogP contribution in [-0.2, 0) is 6.54 Å². The van der Waals surface area contributed by atoms with Crippen molar-refractivity contribution in [3.05, 3.63) is 70.8 Å².